The van der Waals surface area contributed by atoms with E-state index in [9.17, 15) is 26.7 Å². The number of benzene rings is 2. The molecule has 0 spiro atoms. The summed E-state index contributed by atoms with van der Waals surface area (Å²) in [6.07, 6.45) is 0.524. The number of rotatable bonds is 7. The molecule has 0 aromatic heterocycles. The molecule has 2 aromatic carbocycles. The first-order valence-electron chi connectivity index (χ1n) is 7.58. The normalized spacial score (nSPS) is 11.5. The monoisotopic (exact) mass is 419 g/mol. The SMILES string of the molecule is COc1cccc(CS/C(=C/c2c(F)c(F)c(F)c(F)c2F)C(N)=O)c1OC. The molecule has 0 fully saturated rings. The van der Waals surface area contributed by atoms with Gasteiger partial charge >= 0.3 is 0 Å². The third-order valence-electron chi connectivity index (χ3n) is 3.63. The molecule has 2 N–H and O–H groups in total. The number of thioether (sulfide) groups is 1. The van der Waals surface area contributed by atoms with Crippen molar-refractivity contribution in [2.75, 3.05) is 14.2 Å². The fourth-order valence-corrected chi connectivity index (χ4v) is 3.17. The molecule has 0 atom stereocenters. The van der Waals surface area contributed by atoms with Gasteiger partial charge in [-0.15, -0.1) is 11.8 Å². The van der Waals surface area contributed by atoms with Crippen LogP contribution in [-0.4, -0.2) is 20.1 Å². The second-order valence-electron chi connectivity index (χ2n) is 5.30. The van der Waals surface area contributed by atoms with E-state index in [1.165, 1.54) is 14.2 Å². The molecule has 2 aromatic rings. The molecule has 1 amide bonds. The zero-order valence-corrected chi connectivity index (χ0v) is 15.4. The zero-order valence-electron chi connectivity index (χ0n) is 14.6. The van der Waals surface area contributed by atoms with Crippen LogP contribution in [0.2, 0.25) is 0 Å². The lowest BCUT2D eigenvalue weighted by molar-refractivity contribution is -0.113. The van der Waals surface area contributed by atoms with Crippen LogP contribution >= 0.6 is 11.8 Å². The summed E-state index contributed by atoms with van der Waals surface area (Å²) in [7, 11) is 2.82. The molecule has 0 bridgehead atoms. The summed E-state index contributed by atoms with van der Waals surface area (Å²) in [5, 5.41) is 0. The number of amides is 1. The van der Waals surface area contributed by atoms with Crippen LogP contribution < -0.4 is 15.2 Å². The minimum Gasteiger partial charge on any atom is -0.493 e. The van der Waals surface area contributed by atoms with E-state index in [0.29, 0.717) is 23.1 Å². The highest BCUT2D eigenvalue weighted by atomic mass is 32.2. The van der Waals surface area contributed by atoms with Crippen molar-refractivity contribution >= 4 is 23.7 Å². The third-order valence-corrected chi connectivity index (χ3v) is 4.72. The van der Waals surface area contributed by atoms with Gasteiger partial charge in [-0.25, -0.2) is 22.0 Å². The average Bonchev–Trinajstić information content (AvgIpc) is 2.69. The third kappa shape index (κ3) is 4.22. The smallest absolute Gasteiger partial charge is 0.255 e. The zero-order chi connectivity index (χ0) is 21.0. The number of para-hydroxylation sites is 1. The van der Waals surface area contributed by atoms with Gasteiger partial charge in [0.1, 0.15) is 0 Å². The van der Waals surface area contributed by atoms with E-state index in [1.807, 2.05) is 0 Å². The van der Waals surface area contributed by atoms with Gasteiger partial charge in [0.25, 0.3) is 5.91 Å². The summed E-state index contributed by atoms with van der Waals surface area (Å²) in [6, 6.07) is 4.92. The Hall–Kier alpha value is -2.75. The number of carbonyl (C=O) groups is 1. The van der Waals surface area contributed by atoms with Crippen molar-refractivity contribution in [3.8, 4) is 11.5 Å². The van der Waals surface area contributed by atoms with Crippen molar-refractivity contribution in [3.63, 3.8) is 0 Å². The summed E-state index contributed by atoms with van der Waals surface area (Å²) in [4.78, 5) is 11.2. The summed E-state index contributed by atoms with van der Waals surface area (Å²) in [5.41, 5.74) is 4.49. The largest absolute Gasteiger partial charge is 0.493 e. The number of primary amides is 1. The van der Waals surface area contributed by atoms with Crippen molar-refractivity contribution in [2.24, 2.45) is 5.73 Å². The molecule has 0 radical (unpaired) electrons. The van der Waals surface area contributed by atoms with Crippen LogP contribution in [0.5, 0.6) is 11.5 Å². The van der Waals surface area contributed by atoms with Crippen LogP contribution in [-0.2, 0) is 10.5 Å². The van der Waals surface area contributed by atoms with Gasteiger partial charge in [-0.2, -0.15) is 0 Å². The van der Waals surface area contributed by atoms with E-state index in [1.54, 1.807) is 18.2 Å². The first-order chi connectivity index (χ1) is 13.2. The van der Waals surface area contributed by atoms with Crippen molar-refractivity contribution in [1.82, 2.24) is 0 Å². The molecule has 150 valence electrons. The van der Waals surface area contributed by atoms with Crippen LogP contribution in [0.4, 0.5) is 22.0 Å². The second kappa shape index (κ2) is 8.96. The Morgan fingerprint density at radius 1 is 1.00 bits per heavy atom. The van der Waals surface area contributed by atoms with Gasteiger partial charge < -0.3 is 15.2 Å². The Kier molecular flexibility index (Phi) is 6.90. The summed E-state index contributed by atoms with van der Waals surface area (Å²) < 4.78 is 77.9. The molecule has 0 aliphatic carbocycles. The Morgan fingerprint density at radius 3 is 2.07 bits per heavy atom. The molecule has 28 heavy (non-hydrogen) atoms. The second-order valence-corrected chi connectivity index (χ2v) is 6.31. The molecule has 10 heteroatoms. The summed E-state index contributed by atoms with van der Waals surface area (Å²) >= 11 is 0.739. The van der Waals surface area contributed by atoms with Crippen molar-refractivity contribution in [1.29, 1.82) is 0 Å². The Bertz CT molecular complexity index is 920. The number of nitrogens with two attached hydrogens (primary N) is 1. The Labute approximate surface area is 161 Å². The lowest BCUT2D eigenvalue weighted by Crippen LogP contribution is -2.13. The van der Waals surface area contributed by atoms with Gasteiger partial charge in [0.05, 0.1) is 24.7 Å². The van der Waals surface area contributed by atoms with E-state index >= 15 is 0 Å². The van der Waals surface area contributed by atoms with Gasteiger partial charge in [-0.1, -0.05) is 12.1 Å². The van der Waals surface area contributed by atoms with Crippen molar-refractivity contribution in [3.05, 3.63) is 63.3 Å². The predicted octanol–water partition coefficient (Wildman–Crippen LogP) is 4.16. The molecular formula is C18H14F5NO3S. The lowest BCUT2D eigenvalue weighted by atomic mass is 10.1. The average molecular weight is 419 g/mol. The minimum absolute atomic E-state index is 0.0462. The highest BCUT2D eigenvalue weighted by molar-refractivity contribution is 8.03. The van der Waals surface area contributed by atoms with E-state index in [-0.39, 0.29) is 5.75 Å². The minimum atomic E-state index is -2.29. The van der Waals surface area contributed by atoms with E-state index in [4.69, 9.17) is 15.2 Å². The van der Waals surface area contributed by atoms with Crippen molar-refractivity contribution in [2.45, 2.75) is 5.75 Å². The Balaban J connectivity index is 2.43. The van der Waals surface area contributed by atoms with Crippen LogP contribution in [0.25, 0.3) is 6.08 Å². The first-order valence-corrected chi connectivity index (χ1v) is 8.57. The van der Waals surface area contributed by atoms with Gasteiger partial charge in [0.15, 0.2) is 34.8 Å². The molecular weight excluding hydrogens is 405 g/mol. The molecule has 2 rings (SSSR count). The highest BCUT2D eigenvalue weighted by Gasteiger charge is 2.25. The molecule has 0 aliphatic rings. The lowest BCUT2D eigenvalue weighted by Gasteiger charge is -2.13. The molecule has 0 saturated heterocycles. The fourth-order valence-electron chi connectivity index (χ4n) is 2.29. The Morgan fingerprint density at radius 2 is 1.57 bits per heavy atom. The quantitative estimate of drug-likeness (QED) is 0.317. The van der Waals surface area contributed by atoms with Crippen molar-refractivity contribution < 1.29 is 36.2 Å². The van der Waals surface area contributed by atoms with E-state index in [2.05, 4.69) is 0 Å². The van der Waals surface area contributed by atoms with Crippen LogP contribution in [0, 0.1) is 29.1 Å². The maximum absolute atomic E-state index is 13.8. The van der Waals surface area contributed by atoms with Gasteiger partial charge in [0.2, 0.25) is 5.82 Å². The van der Waals surface area contributed by atoms with Crippen LogP contribution in [0.3, 0.4) is 0 Å². The summed E-state index contributed by atoms with van der Waals surface area (Å²) in [5.74, 6) is -10.9. The predicted molar refractivity (Wildman–Crippen MR) is 94.2 cm³/mol. The summed E-state index contributed by atoms with van der Waals surface area (Å²) in [6.45, 7) is 0. The van der Waals surface area contributed by atoms with E-state index in [0.717, 1.165) is 11.8 Å². The molecule has 0 aliphatic heterocycles. The molecule has 0 heterocycles. The van der Waals surface area contributed by atoms with Gasteiger partial charge in [0, 0.05) is 11.3 Å². The van der Waals surface area contributed by atoms with Gasteiger partial charge in [-0.05, 0) is 12.1 Å². The number of hydrogen-bond acceptors (Lipinski definition) is 4. The standard InChI is InChI=1S/C18H14F5NO3S/c1-26-10-5-3-4-8(17(10)27-2)7-28-11(18(24)25)6-9-12(19)14(21)16(23)15(22)13(9)20/h3-6H,7H2,1-2H3,(H2,24,25)/b11-6+. The number of carbonyl (C=O) groups excluding carboxylic acids is 1. The number of ether oxygens (including phenoxy) is 2. The first kappa shape index (κ1) is 21.5. The number of hydrogen-bond donors (Lipinski definition) is 1. The van der Waals surface area contributed by atoms with Crippen LogP contribution in [0.15, 0.2) is 23.1 Å². The molecule has 0 unspecified atom stereocenters. The maximum Gasteiger partial charge on any atom is 0.255 e. The van der Waals surface area contributed by atoms with Gasteiger partial charge in [-0.3, -0.25) is 4.79 Å². The fraction of sp³-hybridized carbons (Fsp3) is 0.167. The molecule has 4 nitrogen and oxygen atoms in total. The van der Waals surface area contributed by atoms with Crippen LogP contribution in [0.1, 0.15) is 11.1 Å². The topological polar surface area (TPSA) is 61.5 Å². The molecule has 0 saturated carbocycles. The number of methoxy groups -OCH3 is 2. The van der Waals surface area contributed by atoms with E-state index < -0.39 is 45.5 Å². The number of halogens is 5. The maximum atomic E-state index is 13.8. The highest BCUT2D eigenvalue weighted by Crippen LogP contribution is 2.35.